The lowest BCUT2D eigenvalue weighted by atomic mass is 9.83. The highest BCUT2D eigenvalue weighted by atomic mass is 19.1. The molecule has 2 nitrogen and oxygen atoms in total. The van der Waals surface area contributed by atoms with Gasteiger partial charge in [0, 0.05) is 18.2 Å². The average Bonchev–Trinajstić information content (AvgIpc) is 2.48. The Labute approximate surface area is 122 Å². The van der Waals surface area contributed by atoms with E-state index >= 15 is 0 Å². The molecule has 0 spiro atoms. The van der Waals surface area contributed by atoms with E-state index in [1.54, 1.807) is 6.07 Å². The van der Waals surface area contributed by atoms with Gasteiger partial charge in [0.15, 0.2) is 0 Å². The Bertz CT molecular complexity index is 433. The first-order valence-corrected chi connectivity index (χ1v) is 7.84. The van der Waals surface area contributed by atoms with Gasteiger partial charge in [0.25, 0.3) is 0 Å². The highest BCUT2D eigenvalue weighted by molar-refractivity contribution is 5.24. The number of rotatable bonds is 5. The third-order valence-corrected chi connectivity index (χ3v) is 4.62. The van der Waals surface area contributed by atoms with Crippen LogP contribution in [0, 0.1) is 18.7 Å². The van der Waals surface area contributed by atoms with Crippen molar-refractivity contribution in [2.24, 2.45) is 11.7 Å². The van der Waals surface area contributed by atoms with Crippen LogP contribution in [0.15, 0.2) is 18.2 Å². The molecule has 0 bridgehead atoms. The third kappa shape index (κ3) is 3.58. The topological polar surface area (TPSA) is 29.3 Å². The number of halogens is 1. The molecule has 1 fully saturated rings. The first-order chi connectivity index (χ1) is 9.65. The molecule has 2 atom stereocenters. The second kappa shape index (κ2) is 7.19. The van der Waals surface area contributed by atoms with Gasteiger partial charge < -0.3 is 5.73 Å². The van der Waals surface area contributed by atoms with Crippen molar-refractivity contribution in [3.63, 3.8) is 0 Å². The van der Waals surface area contributed by atoms with Crippen molar-refractivity contribution in [3.05, 3.63) is 35.1 Å². The quantitative estimate of drug-likeness (QED) is 0.893. The maximum Gasteiger partial charge on any atom is 0.127 e. The summed E-state index contributed by atoms with van der Waals surface area (Å²) in [7, 11) is 0. The molecule has 0 heterocycles. The zero-order valence-electron chi connectivity index (χ0n) is 12.7. The van der Waals surface area contributed by atoms with Crippen LogP contribution < -0.4 is 5.73 Å². The molecule has 1 saturated carbocycles. The van der Waals surface area contributed by atoms with E-state index in [0.29, 0.717) is 18.5 Å². The highest BCUT2D eigenvalue weighted by Gasteiger charge is 2.28. The molecule has 20 heavy (non-hydrogen) atoms. The standard InChI is InChI=1S/C17H27FN2/c1-3-20(17-7-5-4-6-14(17)11-19)12-15-10-13(2)8-9-16(15)18/h8-10,14,17H,3-7,11-12,19H2,1-2H3. The summed E-state index contributed by atoms with van der Waals surface area (Å²) >= 11 is 0. The number of nitrogens with two attached hydrogens (primary N) is 1. The summed E-state index contributed by atoms with van der Waals surface area (Å²) < 4.78 is 14.0. The van der Waals surface area contributed by atoms with Gasteiger partial charge in [-0.15, -0.1) is 0 Å². The van der Waals surface area contributed by atoms with Crippen LogP contribution in [0.4, 0.5) is 4.39 Å². The van der Waals surface area contributed by atoms with E-state index in [2.05, 4.69) is 11.8 Å². The van der Waals surface area contributed by atoms with Crippen LogP contribution in [0.2, 0.25) is 0 Å². The van der Waals surface area contributed by atoms with E-state index in [9.17, 15) is 4.39 Å². The summed E-state index contributed by atoms with van der Waals surface area (Å²) in [4.78, 5) is 2.41. The van der Waals surface area contributed by atoms with Crippen LogP contribution in [-0.2, 0) is 6.54 Å². The fraction of sp³-hybridized carbons (Fsp3) is 0.647. The van der Waals surface area contributed by atoms with Gasteiger partial charge in [-0.25, -0.2) is 4.39 Å². The van der Waals surface area contributed by atoms with Gasteiger partial charge >= 0.3 is 0 Å². The first kappa shape index (κ1) is 15.5. The molecule has 2 rings (SSSR count). The summed E-state index contributed by atoms with van der Waals surface area (Å²) in [6, 6.07) is 5.90. The Kier molecular flexibility index (Phi) is 5.55. The van der Waals surface area contributed by atoms with Crippen molar-refractivity contribution in [1.82, 2.24) is 4.90 Å². The van der Waals surface area contributed by atoms with Gasteiger partial charge in [-0.1, -0.05) is 37.5 Å². The predicted octanol–water partition coefficient (Wildman–Crippen LogP) is 3.47. The van der Waals surface area contributed by atoms with Crippen molar-refractivity contribution in [2.45, 2.75) is 52.1 Å². The lowest BCUT2D eigenvalue weighted by Gasteiger charge is -2.39. The van der Waals surface area contributed by atoms with Gasteiger partial charge in [0.05, 0.1) is 0 Å². The molecule has 2 unspecified atom stereocenters. The molecule has 1 aromatic carbocycles. The molecular weight excluding hydrogens is 251 g/mol. The predicted molar refractivity (Wildman–Crippen MR) is 82.0 cm³/mol. The Morgan fingerprint density at radius 1 is 1.30 bits per heavy atom. The summed E-state index contributed by atoms with van der Waals surface area (Å²) in [5.41, 5.74) is 7.87. The largest absolute Gasteiger partial charge is 0.330 e. The van der Waals surface area contributed by atoms with E-state index in [1.807, 2.05) is 19.1 Å². The molecule has 0 aromatic heterocycles. The Morgan fingerprint density at radius 3 is 2.75 bits per heavy atom. The lowest BCUT2D eigenvalue weighted by molar-refractivity contribution is 0.104. The molecule has 3 heteroatoms. The van der Waals surface area contributed by atoms with E-state index in [0.717, 1.165) is 24.2 Å². The van der Waals surface area contributed by atoms with Crippen LogP contribution in [0.3, 0.4) is 0 Å². The van der Waals surface area contributed by atoms with Crippen LogP contribution in [0.5, 0.6) is 0 Å². The van der Waals surface area contributed by atoms with Gasteiger partial charge in [0.2, 0.25) is 0 Å². The number of aryl methyl sites for hydroxylation is 1. The molecule has 1 aromatic rings. The second-order valence-corrected chi connectivity index (χ2v) is 6.01. The SMILES string of the molecule is CCN(Cc1cc(C)ccc1F)C1CCCCC1CN. The van der Waals surface area contributed by atoms with Gasteiger partial charge in [-0.2, -0.15) is 0 Å². The maximum absolute atomic E-state index is 14.0. The summed E-state index contributed by atoms with van der Waals surface area (Å²) in [5.74, 6) is 0.478. The highest BCUT2D eigenvalue weighted by Crippen LogP contribution is 2.29. The van der Waals surface area contributed by atoms with Crippen LogP contribution in [-0.4, -0.2) is 24.0 Å². The van der Waals surface area contributed by atoms with Crippen molar-refractivity contribution < 1.29 is 4.39 Å². The smallest absolute Gasteiger partial charge is 0.127 e. The van der Waals surface area contributed by atoms with E-state index < -0.39 is 0 Å². The van der Waals surface area contributed by atoms with Crippen molar-refractivity contribution in [2.75, 3.05) is 13.1 Å². The molecule has 1 aliphatic rings. The number of nitrogens with zero attached hydrogens (tertiary/aromatic N) is 1. The summed E-state index contributed by atoms with van der Waals surface area (Å²) in [5, 5.41) is 0. The Balaban J connectivity index is 2.13. The normalized spacial score (nSPS) is 23.2. The monoisotopic (exact) mass is 278 g/mol. The number of benzene rings is 1. The van der Waals surface area contributed by atoms with Crippen LogP contribution >= 0.6 is 0 Å². The molecule has 112 valence electrons. The van der Waals surface area contributed by atoms with E-state index in [4.69, 9.17) is 5.73 Å². The Morgan fingerprint density at radius 2 is 2.05 bits per heavy atom. The maximum atomic E-state index is 14.0. The zero-order chi connectivity index (χ0) is 14.5. The molecule has 0 saturated heterocycles. The van der Waals surface area contributed by atoms with Crippen LogP contribution in [0.25, 0.3) is 0 Å². The number of hydrogen-bond acceptors (Lipinski definition) is 2. The number of hydrogen-bond donors (Lipinski definition) is 1. The Hall–Kier alpha value is -0.930. The lowest BCUT2D eigenvalue weighted by Crippen LogP contribution is -2.44. The fourth-order valence-electron chi connectivity index (χ4n) is 3.45. The average molecular weight is 278 g/mol. The van der Waals surface area contributed by atoms with Crippen LogP contribution in [0.1, 0.15) is 43.7 Å². The van der Waals surface area contributed by atoms with Crippen molar-refractivity contribution >= 4 is 0 Å². The minimum absolute atomic E-state index is 0.0887. The van der Waals surface area contributed by atoms with Crippen molar-refractivity contribution in [1.29, 1.82) is 0 Å². The second-order valence-electron chi connectivity index (χ2n) is 6.01. The van der Waals surface area contributed by atoms with Gasteiger partial charge in [-0.05, 0) is 44.8 Å². The summed E-state index contributed by atoms with van der Waals surface area (Å²) in [6.45, 7) is 6.58. The van der Waals surface area contributed by atoms with Gasteiger partial charge in [-0.3, -0.25) is 4.90 Å². The third-order valence-electron chi connectivity index (χ3n) is 4.62. The minimum atomic E-state index is -0.0887. The van der Waals surface area contributed by atoms with Crippen molar-refractivity contribution in [3.8, 4) is 0 Å². The first-order valence-electron chi connectivity index (χ1n) is 7.84. The van der Waals surface area contributed by atoms with E-state index in [1.165, 1.54) is 25.7 Å². The molecule has 0 amide bonds. The minimum Gasteiger partial charge on any atom is -0.330 e. The summed E-state index contributed by atoms with van der Waals surface area (Å²) in [6.07, 6.45) is 4.97. The molecule has 0 aliphatic heterocycles. The fourth-order valence-corrected chi connectivity index (χ4v) is 3.45. The molecule has 2 N–H and O–H groups in total. The van der Waals surface area contributed by atoms with Gasteiger partial charge in [0.1, 0.15) is 5.82 Å². The zero-order valence-corrected chi connectivity index (χ0v) is 12.7. The van der Waals surface area contributed by atoms with E-state index in [-0.39, 0.29) is 5.82 Å². The molecular formula is C17H27FN2. The molecule has 0 radical (unpaired) electrons. The molecule has 1 aliphatic carbocycles.